The van der Waals surface area contributed by atoms with Crippen molar-refractivity contribution in [2.75, 3.05) is 5.32 Å². The predicted molar refractivity (Wildman–Crippen MR) is 89.4 cm³/mol. The fraction of sp³-hybridized carbons (Fsp3) is 0.0526. The van der Waals surface area contributed by atoms with Crippen LogP contribution in [0.15, 0.2) is 79.0 Å². The lowest BCUT2D eigenvalue weighted by Crippen LogP contribution is -2.11. The highest BCUT2D eigenvalue weighted by Crippen LogP contribution is 2.14. The van der Waals surface area contributed by atoms with Crippen LogP contribution in [0.4, 0.5) is 5.69 Å². The summed E-state index contributed by atoms with van der Waals surface area (Å²) in [4.78, 5) is 16.2. The van der Waals surface area contributed by atoms with Crippen molar-refractivity contribution in [1.29, 1.82) is 0 Å². The first-order chi connectivity index (χ1) is 11.3. The van der Waals surface area contributed by atoms with Gasteiger partial charge in [0.25, 0.3) is 5.91 Å². The summed E-state index contributed by atoms with van der Waals surface area (Å²) in [7, 11) is 0. The van der Waals surface area contributed by atoms with Crippen LogP contribution in [0, 0.1) is 0 Å². The molecule has 4 heteroatoms. The van der Waals surface area contributed by atoms with E-state index >= 15 is 0 Å². The second-order valence-electron chi connectivity index (χ2n) is 4.98. The molecule has 4 nitrogen and oxygen atoms in total. The van der Waals surface area contributed by atoms with E-state index in [4.69, 9.17) is 4.74 Å². The number of benzene rings is 2. The van der Waals surface area contributed by atoms with E-state index in [0.717, 1.165) is 5.56 Å². The van der Waals surface area contributed by atoms with Gasteiger partial charge in [0, 0.05) is 11.6 Å². The molecule has 0 spiro atoms. The van der Waals surface area contributed by atoms with Gasteiger partial charge in [0.15, 0.2) is 0 Å². The van der Waals surface area contributed by atoms with Gasteiger partial charge in [-0.25, -0.2) is 4.98 Å². The summed E-state index contributed by atoms with van der Waals surface area (Å²) in [6, 6.07) is 22.5. The molecule has 0 aliphatic heterocycles. The van der Waals surface area contributed by atoms with E-state index in [1.54, 1.807) is 30.5 Å². The zero-order valence-electron chi connectivity index (χ0n) is 12.5. The predicted octanol–water partition coefficient (Wildman–Crippen LogP) is 3.91. The third-order valence-electron chi connectivity index (χ3n) is 3.26. The summed E-state index contributed by atoms with van der Waals surface area (Å²) in [5.74, 6) is 0.358. The molecule has 3 rings (SSSR count). The fourth-order valence-corrected chi connectivity index (χ4v) is 2.06. The molecule has 114 valence electrons. The maximum Gasteiger partial charge on any atom is 0.255 e. The molecule has 1 aromatic heterocycles. The van der Waals surface area contributed by atoms with Crippen molar-refractivity contribution < 1.29 is 9.53 Å². The molecule has 3 aromatic rings. The Kier molecular flexibility index (Phi) is 4.64. The van der Waals surface area contributed by atoms with Crippen LogP contribution in [0.3, 0.4) is 0 Å². The maximum atomic E-state index is 12.0. The molecule has 0 saturated carbocycles. The van der Waals surface area contributed by atoms with E-state index in [2.05, 4.69) is 10.3 Å². The molecule has 0 radical (unpaired) electrons. The first kappa shape index (κ1) is 14.8. The zero-order valence-corrected chi connectivity index (χ0v) is 12.5. The van der Waals surface area contributed by atoms with Gasteiger partial charge in [-0.15, -0.1) is 0 Å². The third kappa shape index (κ3) is 4.17. The van der Waals surface area contributed by atoms with Gasteiger partial charge < -0.3 is 10.1 Å². The molecule has 0 saturated heterocycles. The Bertz CT molecular complexity index is 756. The molecule has 0 unspecified atom stereocenters. The van der Waals surface area contributed by atoms with Gasteiger partial charge in [0.05, 0.1) is 11.9 Å². The lowest BCUT2D eigenvalue weighted by molar-refractivity contribution is 0.102. The van der Waals surface area contributed by atoms with Crippen molar-refractivity contribution >= 4 is 11.6 Å². The molecule has 23 heavy (non-hydrogen) atoms. The molecule has 0 fully saturated rings. The molecular formula is C19H16N2O2. The number of nitrogens with one attached hydrogen (secondary N) is 1. The van der Waals surface area contributed by atoms with Crippen molar-refractivity contribution in [3.8, 4) is 5.88 Å². The molecule has 1 N–H and O–H groups in total. The quantitative estimate of drug-likeness (QED) is 0.777. The van der Waals surface area contributed by atoms with Crippen molar-refractivity contribution in [2.24, 2.45) is 0 Å². The number of aromatic nitrogens is 1. The van der Waals surface area contributed by atoms with Crippen LogP contribution >= 0.6 is 0 Å². The number of anilines is 1. The third-order valence-corrected chi connectivity index (χ3v) is 3.26. The summed E-state index contributed by atoms with van der Waals surface area (Å²) in [5, 5.41) is 2.80. The molecule has 0 aliphatic rings. The van der Waals surface area contributed by atoms with Crippen molar-refractivity contribution in [2.45, 2.75) is 6.61 Å². The molecule has 1 heterocycles. The van der Waals surface area contributed by atoms with E-state index in [0.29, 0.717) is 23.7 Å². The van der Waals surface area contributed by atoms with Gasteiger partial charge in [-0.2, -0.15) is 0 Å². The van der Waals surface area contributed by atoms with Gasteiger partial charge >= 0.3 is 0 Å². The molecule has 0 atom stereocenters. The minimum Gasteiger partial charge on any atom is -0.473 e. The fourth-order valence-electron chi connectivity index (χ4n) is 2.06. The standard InChI is InChI=1S/C19H16N2O2/c22-19(16-9-5-2-6-10-16)21-17-11-12-18(20-13-17)23-14-15-7-3-1-4-8-15/h1-13H,14H2,(H,21,22). The number of carbonyl (C=O) groups is 1. The van der Waals surface area contributed by atoms with E-state index in [-0.39, 0.29) is 5.91 Å². The summed E-state index contributed by atoms with van der Waals surface area (Å²) in [6.45, 7) is 0.462. The lowest BCUT2D eigenvalue weighted by atomic mass is 10.2. The number of hydrogen-bond acceptors (Lipinski definition) is 3. The molecule has 2 aromatic carbocycles. The number of nitrogens with zero attached hydrogens (tertiary/aromatic N) is 1. The monoisotopic (exact) mass is 304 g/mol. The Morgan fingerprint density at radius 2 is 1.61 bits per heavy atom. The maximum absolute atomic E-state index is 12.0. The van der Waals surface area contributed by atoms with Crippen LogP contribution in [0.25, 0.3) is 0 Å². The smallest absolute Gasteiger partial charge is 0.255 e. The Morgan fingerprint density at radius 1 is 0.913 bits per heavy atom. The van der Waals surface area contributed by atoms with Gasteiger partial charge in [0.2, 0.25) is 5.88 Å². The topological polar surface area (TPSA) is 51.2 Å². The average molecular weight is 304 g/mol. The summed E-state index contributed by atoms with van der Waals surface area (Å²) in [6.07, 6.45) is 1.58. The Hall–Kier alpha value is -3.14. The summed E-state index contributed by atoms with van der Waals surface area (Å²) >= 11 is 0. The van der Waals surface area contributed by atoms with Crippen LogP contribution in [-0.2, 0) is 6.61 Å². The number of pyridine rings is 1. The van der Waals surface area contributed by atoms with Crippen molar-refractivity contribution in [3.05, 3.63) is 90.1 Å². The number of carbonyl (C=O) groups excluding carboxylic acids is 1. The second-order valence-corrected chi connectivity index (χ2v) is 4.98. The normalized spacial score (nSPS) is 10.1. The number of hydrogen-bond donors (Lipinski definition) is 1. The molecule has 1 amide bonds. The van der Waals surface area contributed by atoms with E-state index in [9.17, 15) is 4.79 Å². The molecule has 0 bridgehead atoms. The van der Waals surface area contributed by atoms with Gasteiger partial charge in [0.1, 0.15) is 6.61 Å². The van der Waals surface area contributed by atoms with Gasteiger partial charge in [-0.05, 0) is 23.8 Å². The van der Waals surface area contributed by atoms with Crippen molar-refractivity contribution in [1.82, 2.24) is 4.98 Å². The van der Waals surface area contributed by atoms with Gasteiger partial charge in [-0.3, -0.25) is 4.79 Å². The Morgan fingerprint density at radius 3 is 2.26 bits per heavy atom. The first-order valence-electron chi connectivity index (χ1n) is 7.30. The average Bonchev–Trinajstić information content (AvgIpc) is 2.63. The minimum atomic E-state index is -0.162. The highest BCUT2D eigenvalue weighted by atomic mass is 16.5. The largest absolute Gasteiger partial charge is 0.473 e. The number of amides is 1. The van der Waals surface area contributed by atoms with Crippen LogP contribution in [0.1, 0.15) is 15.9 Å². The summed E-state index contributed by atoms with van der Waals surface area (Å²) in [5.41, 5.74) is 2.32. The minimum absolute atomic E-state index is 0.162. The molecular weight excluding hydrogens is 288 g/mol. The van der Waals surface area contributed by atoms with Gasteiger partial charge in [-0.1, -0.05) is 48.5 Å². The van der Waals surface area contributed by atoms with Crippen molar-refractivity contribution in [3.63, 3.8) is 0 Å². The lowest BCUT2D eigenvalue weighted by Gasteiger charge is -2.07. The van der Waals surface area contributed by atoms with Crippen LogP contribution in [-0.4, -0.2) is 10.9 Å². The highest BCUT2D eigenvalue weighted by molar-refractivity contribution is 6.04. The Labute approximate surface area is 134 Å². The first-order valence-corrected chi connectivity index (χ1v) is 7.30. The Balaban J connectivity index is 1.58. The number of ether oxygens (including phenoxy) is 1. The van der Waals surface area contributed by atoms with Crippen LogP contribution < -0.4 is 10.1 Å². The summed E-state index contributed by atoms with van der Waals surface area (Å²) < 4.78 is 5.61. The highest BCUT2D eigenvalue weighted by Gasteiger charge is 2.05. The van der Waals surface area contributed by atoms with Crippen LogP contribution in [0.5, 0.6) is 5.88 Å². The number of rotatable bonds is 5. The SMILES string of the molecule is O=C(Nc1ccc(OCc2ccccc2)nc1)c1ccccc1. The van der Waals surface area contributed by atoms with E-state index < -0.39 is 0 Å². The van der Waals surface area contributed by atoms with E-state index in [1.807, 2.05) is 48.5 Å². The van der Waals surface area contributed by atoms with E-state index in [1.165, 1.54) is 0 Å². The van der Waals surface area contributed by atoms with Crippen LogP contribution in [0.2, 0.25) is 0 Å². The second kappa shape index (κ2) is 7.22. The molecule has 0 aliphatic carbocycles. The zero-order chi connectivity index (χ0) is 15.9.